The summed E-state index contributed by atoms with van der Waals surface area (Å²) in [6.07, 6.45) is 1.77. The molecule has 0 aliphatic rings. The molecule has 2 aromatic carbocycles. The number of aryl methyl sites for hydroxylation is 2. The number of H-pyrrole nitrogens is 1. The lowest BCUT2D eigenvalue weighted by atomic mass is 9.98. The van der Waals surface area contributed by atoms with Crippen LogP contribution in [0.2, 0.25) is 0 Å². The van der Waals surface area contributed by atoms with Crippen LogP contribution in [0.15, 0.2) is 48.5 Å². The van der Waals surface area contributed by atoms with Gasteiger partial charge in [0.05, 0.1) is 6.54 Å². The van der Waals surface area contributed by atoms with Gasteiger partial charge < -0.3 is 0 Å². The van der Waals surface area contributed by atoms with E-state index in [1.165, 1.54) is 16.8 Å². The van der Waals surface area contributed by atoms with E-state index in [0.29, 0.717) is 5.82 Å². The van der Waals surface area contributed by atoms with Crippen LogP contribution in [0.4, 0.5) is 0 Å². The summed E-state index contributed by atoms with van der Waals surface area (Å²) in [5, 5.41) is 19.0. The topological polar surface area (TPSA) is 89.6 Å². The first-order chi connectivity index (χ1) is 15.2. The highest BCUT2D eigenvalue weighted by atomic mass is 15.5. The molecule has 0 saturated heterocycles. The third kappa shape index (κ3) is 3.30. The van der Waals surface area contributed by atoms with Gasteiger partial charge in [0.25, 0.3) is 0 Å². The quantitative estimate of drug-likeness (QED) is 0.457. The number of fused-ring (bicyclic) bond motifs is 1. The molecule has 3 heterocycles. The van der Waals surface area contributed by atoms with Crippen molar-refractivity contribution >= 4 is 5.65 Å². The minimum atomic E-state index is 0.662. The summed E-state index contributed by atoms with van der Waals surface area (Å²) in [7, 11) is 0. The number of nitrogens with one attached hydrogen (secondary N) is 1. The Balaban J connectivity index is 1.49. The van der Waals surface area contributed by atoms with Crippen molar-refractivity contribution in [1.82, 2.24) is 40.0 Å². The minimum absolute atomic E-state index is 0.662. The van der Waals surface area contributed by atoms with Gasteiger partial charge in [0.1, 0.15) is 0 Å². The largest absolute Gasteiger partial charge is 0.263 e. The molecule has 3 aromatic heterocycles. The Kier molecular flexibility index (Phi) is 4.82. The molecule has 5 rings (SSSR count). The molecule has 0 spiro atoms. The maximum absolute atomic E-state index is 4.72. The van der Waals surface area contributed by atoms with Crippen LogP contribution in [-0.2, 0) is 19.4 Å². The first kappa shape index (κ1) is 19.2. The number of aromatic nitrogens is 8. The second-order valence-electron chi connectivity index (χ2n) is 7.56. The van der Waals surface area contributed by atoms with Crippen LogP contribution in [0.1, 0.15) is 36.5 Å². The highest BCUT2D eigenvalue weighted by Crippen LogP contribution is 2.30. The van der Waals surface area contributed by atoms with Crippen LogP contribution in [0.3, 0.4) is 0 Å². The van der Waals surface area contributed by atoms with Gasteiger partial charge in [-0.1, -0.05) is 62.4 Å². The lowest BCUT2D eigenvalue weighted by Crippen LogP contribution is -2.10. The van der Waals surface area contributed by atoms with Crippen molar-refractivity contribution in [2.24, 2.45) is 0 Å². The molecule has 0 aliphatic carbocycles. The molecule has 0 amide bonds. The zero-order chi connectivity index (χ0) is 21.4. The van der Waals surface area contributed by atoms with E-state index < -0.39 is 0 Å². The van der Waals surface area contributed by atoms with Gasteiger partial charge in [0.15, 0.2) is 17.3 Å². The third-order valence-electron chi connectivity index (χ3n) is 5.75. The average Bonchev–Trinajstić information content (AvgIpc) is 3.53. The second-order valence-corrected chi connectivity index (χ2v) is 7.56. The molecule has 0 fully saturated rings. The minimum Gasteiger partial charge on any atom is -0.263 e. The number of hydrogen-bond donors (Lipinski definition) is 1. The summed E-state index contributed by atoms with van der Waals surface area (Å²) >= 11 is 0. The predicted molar refractivity (Wildman–Crippen MR) is 119 cm³/mol. The van der Waals surface area contributed by atoms with Gasteiger partial charge in [-0.2, -0.15) is 4.63 Å². The van der Waals surface area contributed by atoms with Crippen molar-refractivity contribution in [2.45, 2.75) is 40.2 Å². The van der Waals surface area contributed by atoms with E-state index in [1.54, 1.807) is 0 Å². The van der Waals surface area contributed by atoms with E-state index in [-0.39, 0.29) is 0 Å². The Labute approximate surface area is 179 Å². The number of aromatic amines is 1. The third-order valence-corrected chi connectivity index (χ3v) is 5.75. The highest BCUT2D eigenvalue weighted by Gasteiger charge is 2.17. The molecule has 0 unspecified atom stereocenters. The Hall–Kier alpha value is -3.81. The number of nitrogens with zero attached hydrogens (tertiary/aromatic N) is 7. The van der Waals surface area contributed by atoms with Gasteiger partial charge in [-0.25, -0.2) is 10.1 Å². The Morgan fingerprint density at radius 3 is 2.39 bits per heavy atom. The predicted octanol–water partition coefficient (Wildman–Crippen LogP) is 3.86. The first-order valence-electron chi connectivity index (χ1n) is 10.6. The Bertz CT molecular complexity index is 1330. The molecule has 0 radical (unpaired) electrons. The zero-order valence-corrected chi connectivity index (χ0v) is 17.9. The monoisotopic (exact) mass is 412 g/mol. The maximum Gasteiger partial charge on any atom is 0.180 e. The molecule has 5 aromatic rings. The highest BCUT2D eigenvalue weighted by molar-refractivity contribution is 5.80. The molecule has 8 heteroatoms. The molecular formula is C23H24N8. The SMILES string of the molecule is CCc1nc2c(CC)c(C)n(Cc3ccc(-c4ccccc4-c4nnn[nH]4)cc3)n2n1. The fourth-order valence-corrected chi connectivity index (χ4v) is 4.09. The van der Waals surface area contributed by atoms with Crippen molar-refractivity contribution in [3.63, 3.8) is 0 Å². The molecule has 0 aliphatic heterocycles. The van der Waals surface area contributed by atoms with Crippen LogP contribution in [0, 0.1) is 6.92 Å². The van der Waals surface area contributed by atoms with Crippen LogP contribution in [0.5, 0.6) is 0 Å². The molecule has 8 nitrogen and oxygen atoms in total. The summed E-state index contributed by atoms with van der Waals surface area (Å²) in [4.78, 5) is 4.72. The smallest absolute Gasteiger partial charge is 0.180 e. The van der Waals surface area contributed by atoms with Gasteiger partial charge in [0.2, 0.25) is 0 Å². The van der Waals surface area contributed by atoms with Crippen molar-refractivity contribution in [3.8, 4) is 22.5 Å². The van der Waals surface area contributed by atoms with E-state index in [4.69, 9.17) is 10.1 Å². The van der Waals surface area contributed by atoms with E-state index in [1.807, 2.05) is 22.8 Å². The normalized spacial score (nSPS) is 11.5. The van der Waals surface area contributed by atoms with Gasteiger partial charge in [-0.05, 0) is 40.5 Å². The zero-order valence-electron chi connectivity index (χ0n) is 17.9. The lowest BCUT2D eigenvalue weighted by Gasteiger charge is -2.10. The van der Waals surface area contributed by atoms with E-state index in [9.17, 15) is 0 Å². The van der Waals surface area contributed by atoms with Crippen LogP contribution in [-0.4, -0.2) is 40.0 Å². The molecule has 0 atom stereocenters. The molecule has 0 bridgehead atoms. The number of tetrazole rings is 1. The van der Waals surface area contributed by atoms with Crippen LogP contribution in [0.25, 0.3) is 28.2 Å². The van der Waals surface area contributed by atoms with Gasteiger partial charge >= 0.3 is 0 Å². The Morgan fingerprint density at radius 2 is 1.71 bits per heavy atom. The van der Waals surface area contributed by atoms with Crippen molar-refractivity contribution in [2.75, 3.05) is 0 Å². The van der Waals surface area contributed by atoms with Crippen LogP contribution < -0.4 is 0 Å². The standard InChI is InChI=1S/C23H24N8/c1-4-18-15(3)30(31-23(18)24-21(5-2)27-31)14-16-10-12-17(13-11-16)19-8-6-7-9-20(19)22-25-28-29-26-22/h6-13H,4-5,14H2,1-3H3,(H,25,26,28,29). The van der Waals surface area contributed by atoms with Gasteiger partial charge in [-0.15, -0.1) is 10.2 Å². The molecule has 156 valence electrons. The molecule has 1 N–H and O–H groups in total. The summed E-state index contributed by atoms with van der Waals surface area (Å²) in [5.74, 6) is 1.54. The van der Waals surface area contributed by atoms with Crippen molar-refractivity contribution in [1.29, 1.82) is 0 Å². The lowest BCUT2D eigenvalue weighted by molar-refractivity contribution is 0.565. The summed E-state index contributed by atoms with van der Waals surface area (Å²) in [6, 6.07) is 16.7. The summed E-state index contributed by atoms with van der Waals surface area (Å²) in [5.41, 5.74) is 7.84. The fourth-order valence-electron chi connectivity index (χ4n) is 4.09. The number of rotatable bonds is 6. The number of hydrogen-bond acceptors (Lipinski definition) is 5. The van der Waals surface area contributed by atoms with Gasteiger partial charge in [0, 0.05) is 23.2 Å². The van der Waals surface area contributed by atoms with E-state index in [2.05, 4.69) is 76.4 Å². The van der Waals surface area contributed by atoms with Gasteiger partial charge in [-0.3, -0.25) is 4.68 Å². The van der Waals surface area contributed by atoms with E-state index in [0.717, 1.165) is 47.5 Å². The molecule has 0 saturated carbocycles. The molecular weight excluding hydrogens is 388 g/mol. The first-order valence-corrected chi connectivity index (χ1v) is 10.6. The van der Waals surface area contributed by atoms with Crippen molar-refractivity contribution in [3.05, 3.63) is 71.2 Å². The second kappa shape index (κ2) is 7.79. The number of benzene rings is 2. The Morgan fingerprint density at radius 1 is 0.935 bits per heavy atom. The van der Waals surface area contributed by atoms with E-state index >= 15 is 0 Å². The summed E-state index contributed by atoms with van der Waals surface area (Å²) in [6.45, 7) is 7.14. The molecule has 31 heavy (non-hydrogen) atoms. The summed E-state index contributed by atoms with van der Waals surface area (Å²) < 4.78 is 4.18. The van der Waals surface area contributed by atoms with Crippen molar-refractivity contribution < 1.29 is 0 Å². The fraction of sp³-hybridized carbons (Fsp3) is 0.261. The van der Waals surface area contributed by atoms with Crippen LogP contribution >= 0.6 is 0 Å². The maximum atomic E-state index is 4.72. The average molecular weight is 413 g/mol.